The van der Waals surface area contributed by atoms with Gasteiger partial charge in [-0.15, -0.1) is 0 Å². The summed E-state index contributed by atoms with van der Waals surface area (Å²) in [5, 5.41) is 14.9. The van der Waals surface area contributed by atoms with Crippen molar-refractivity contribution in [1.82, 2.24) is 15.0 Å². The summed E-state index contributed by atoms with van der Waals surface area (Å²) in [7, 11) is 0. The van der Waals surface area contributed by atoms with Crippen molar-refractivity contribution >= 4 is 23.5 Å². The van der Waals surface area contributed by atoms with Gasteiger partial charge in [0.25, 0.3) is 0 Å². The Balaban J connectivity index is 2.67. The lowest BCUT2D eigenvalue weighted by Gasteiger charge is -2.09. The highest BCUT2D eigenvalue weighted by Crippen LogP contribution is 2.10. The minimum atomic E-state index is -0.0619. The molecule has 1 aromatic heterocycles. The van der Waals surface area contributed by atoms with Crippen molar-refractivity contribution in [3.8, 4) is 6.07 Å². The molecule has 7 heteroatoms. The number of hydrogen-bond donors (Lipinski definition) is 2. The maximum Gasteiger partial charge on any atom is 0.228 e. The van der Waals surface area contributed by atoms with Crippen LogP contribution in [0, 0.1) is 17.2 Å². The van der Waals surface area contributed by atoms with Gasteiger partial charge in [0, 0.05) is 13.1 Å². The molecule has 1 atom stereocenters. The van der Waals surface area contributed by atoms with E-state index in [1.807, 2.05) is 13.8 Å². The van der Waals surface area contributed by atoms with Crippen molar-refractivity contribution in [2.24, 2.45) is 5.92 Å². The van der Waals surface area contributed by atoms with Crippen LogP contribution >= 0.6 is 11.6 Å². The Hall–Kier alpha value is -1.61. The Kier molecular flexibility index (Phi) is 5.43. The van der Waals surface area contributed by atoms with Crippen molar-refractivity contribution in [2.75, 3.05) is 23.7 Å². The molecule has 92 valence electrons. The highest BCUT2D eigenvalue weighted by molar-refractivity contribution is 6.28. The molecule has 0 radical (unpaired) electrons. The minimum Gasteiger partial charge on any atom is -0.354 e. The Morgan fingerprint density at radius 1 is 1.24 bits per heavy atom. The highest BCUT2D eigenvalue weighted by Gasteiger charge is 2.07. The monoisotopic (exact) mass is 254 g/mol. The number of nitrogens with zero attached hydrogens (tertiary/aromatic N) is 4. The maximum absolute atomic E-state index is 8.82. The largest absolute Gasteiger partial charge is 0.354 e. The number of rotatable bonds is 6. The zero-order valence-corrected chi connectivity index (χ0v) is 10.6. The van der Waals surface area contributed by atoms with Crippen LogP contribution in [-0.4, -0.2) is 28.0 Å². The molecule has 0 amide bonds. The van der Waals surface area contributed by atoms with Gasteiger partial charge in [-0.05, 0) is 24.9 Å². The quantitative estimate of drug-likeness (QED) is 0.807. The summed E-state index contributed by atoms with van der Waals surface area (Å²) >= 11 is 5.76. The first-order valence-electron chi connectivity index (χ1n) is 5.48. The third-order valence-electron chi connectivity index (χ3n) is 2.12. The van der Waals surface area contributed by atoms with Crippen LogP contribution in [0.1, 0.15) is 20.3 Å². The van der Waals surface area contributed by atoms with Crippen LogP contribution in [0.25, 0.3) is 0 Å². The van der Waals surface area contributed by atoms with E-state index < -0.39 is 0 Å². The van der Waals surface area contributed by atoms with Crippen LogP contribution < -0.4 is 10.6 Å². The van der Waals surface area contributed by atoms with Crippen LogP contribution in [0.4, 0.5) is 11.9 Å². The number of nitrogens with one attached hydrogen (secondary N) is 2. The Morgan fingerprint density at radius 2 is 1.88 bits per heavy atom. The highest BCUT2D eigenvalue weighted by atomic mass is 35.5. The fourth-order valence-corrected chi connectivity index (χ4v) is 1.32. The molecular weight excluding hydrogens is 240 g/mol. The normalized spacial score (nSPS) is 11.6. The molecule has 0 saturated carbocycles. The number of aromatic nitrogens is 3. The van der Waals surface area contributed by atoms with Crippen LogP contribution in [0.3, 0.4) is 0 Å². The minimum absolute atomic E-state index is 0.0619. The Bertz CT molecular complexity index is 402. The average molecular weight is 255 g/mol. The van der Waals surface area contributed by atoms with E-state index in [9.17, 15) is 0 Å². The molecule has 0 spiro atoms. The lowest BCUT2D eigenvalue weighted by molar-refractivity contribution is 0.670. The second-order valence-electron chi connectivity index (χ2n) is 3.40. The molecule has 1 rings (SSSR count). The third-order valence-corrected chi connectivity index (χ3v) is 2.29. The van der Waals surface area contributed by atoms with E-state index >= 15 is 0 Å². The van der Waals surface area contributed by atoms with Crippen molar-refractivity contribution in [3.05, 3.63) is 5.28 Å². The van der Waals surface area contributed by atoms with E-state index in [4.69, 9.17) is 16.9 Å². The Morgan fingerprint density at radius 3 is 2.41 bits per heavy atom. The molecule has 0 saturated heterocycles. The van der Waals surface area contributed by atoms with E-state index in [2.05, 4.69) is 31.7 Å². The lowest BCUT2D eigenvalue weighted by atomic mass is 10.1. The molecule has 2 N–H and O–H groups in total. The zero-order valence-electron chi connectivity index (χ0n) is 9.87. The van der Waals surface area contributed by atoms with E-state index in [1.165, 1.54) is 0 Å². The molecule has 0 bridgehead atoms. The standard InChI is InChI=1S/C10H15ClN6/c1-3-7(5-12)6-14-10-16-8(11)15-9(17-10)13-4-2/h7H,3-4,6H2,1-2H3,(H2,13,14,15,16,17). The topological polar surface area (TPSA) is 86.5 Å². The van der Waals surface area contributed by atoms with Gasteiger partial charge >= 0.3 is 0 Å². The van der Waals surface area contributed by atoms with Gasteiger partial charge in [-0.25, -0.2) is 0 Å². The van der Waals surface area contributed by atoms with E-state index in [0.29, 0.717) is 25.0 Å². The summed E-state index contributed by atoms with van der Waals surface area (Å²) in [5.74, 6) is 0.753. The SMILES string of the molecule is CCNc1nc(Cl)nc(NCC(C#N)CC)n1. The second-order valence-corrected chi connectivity index (χ2v) is 3.74. The zero-order chi connectivity index (χ0) is 12.7. The fraction of sp³-hybridized carbons (Fsp3) is 0.600. The first-order chi connectivity index (χ1) is 8.19. The number of anilines is 2. The molecular formula is C10H15ClN6. The molecule has 6 nitrogen and oxygen atoms in total. The van der Waals surface area contributed by atoms with Gasteiger partial charge in [-0.2, -0.15) is 20.2 Å². The Labute approximate surface area is 105 Å². The summed E-state index contributed by atoms with van der Waals surface area (Å²) in [4.78, 5) is 12.0. The van der Waals surface area contributed by atoms with Crippen molar-refractivity contribution in [3.63, 3.8) is 0 Å². The fourth-order valence-electron chi connectivity index (χ4n) is 1.16. The molecule has 0 aliphatic heterocycles. The van der Waals surface area contributed by atoms with E-state index in [1.54, 1.807) is 0 Å². The third kappa shape index (κ3) is 4.41. The van der Waals surface area contributed by atoms with Gasteiger partial charge in [0.1, 0.15) is 0 Å². The van der Waals surface area contributed by atoms with Crippen molar-refractivity contribution in [2.45, 2.75) is 20.3 Å². The van der Waals surface area contributed by atoms with Crippen LogP contribution in [0.2, 0.25) is 5.28 Å². The smallest absolute Gasteiger partial charge is 0.228 e. The van der Waals surface area contributed by atoms with Crippen LogP contribution in [0.5, 0.6) is 0 Å². The average Bonchev–Trinajstić information content (AvgIpc) is 2.30. The summed E-state index contributed by atoms with van der Waals surface area (Å²) in [6.07, 6.45) is 0.780. The molecule has 0 aliphatic rings. The molecule has 17 heavy (non-hydrogen) atoms. The van der Waals surface area contributed by atoms with E-state index in [-0.39, 0.29) is 11.2 Å². The van der Waals surface area contributed by atoms with Gasteiger partial charge in [0.15, 0.2) is 0 Å². The molecule has 0 aliphatic carbocycles. The molecule has 0 aromatic carbocycles. The lowest BCUT2D eigenvalue weighted by Crippen LogP contribution is -2.15. The molecule has 1 aromatic rings. The second kappa shape index (κ2) is 6.86. The van der Waals surface area contributed by atoms with E-state index in [0.717, 1.165) is 6.42 Å². The maximum atomic E-state index is 8.82. The summed E-state index contributed by atoms with van der Waals surface area (Å²) in [6.45, 7) is 5.10. The predicted octanol–water partition coefficient (Wildman–Crippen LogP) is 1.92. The van der Waals surface area contributed by atoms with Gasteiger partial charge < -0.3 is 10.6 Å². The van der Waals surface area contributed by atoms with Gasteiger partial charge in [0.05, 0.1) is 12.0 Å². The first kappa shape index (κ1) is 13.5. The van der Waals surface area contributed by atoms with Gasteiger partial charge in [0.2, 0.25) is 17.2 Å². The number of halogens is 1. The first-order valence-corrected chi connectivity index (χ1v) is 5.86. The van der Waals surface area contributed by atoms with Crippen molar-refractivity contribution < 1.29 is 0 Å². The van der Waals surface area contributed by atoms with Crippen molar-refractivity contribution in [1.29, 1.82) is 5.26 Å². The predicted molar refractivity (Wildman–Crippen MR) is 66.9 cm³/mol. The summed E-state index contributed by atoms with van der Waals surface area (Å²) in [5.41, 5.74) is 0. The van der Waals surface area contributed by atoms with Crippen LogP contribution in [0.15, 0.2) is 0 Å². The molecule has 1 unspecified atom stereocenters. The summed E-state index contributed by atoms with van der Waals surface area (Å²) < 4.78 is 0. The number of hydrogen-bond acceptors (Lipinski definition) is 6. The van der Waals surface area contributed by atoms with Gasteiger partial charge in [-0.1, -0.05) is 6.92 Å². The van der Waals surface area contributed by atoms with Gasteiger partial charge in [-0.3, -0.25) is 0 Å². The summed E-state index contributed by atoms with van der Waals surface area (Å²) in [6, 6.07) is 2.19. The number of nitriles is 1. The van der Waals surface area contributed by atoms with Crippen LogP contribution in [-0.2, 0) is 0 Å². The molecule has 1 heterocycles. The molecule has 0 fully saturated rings.